The minimum absolute atomic E-state index is 0.0467. The highest BCUT2D eigenvalue weighted by atomic mass is 79.9. The maximum atomic E-state index is 12.9. The van der Waals surface area contributed by atoms with Crippen molar-refractivity contribution < 1.29 is 14.3 Å². The summed E-state index contributed by atoms with van der Waals surface area (Å²) < 4.78 is 13.6. The van der Waals surface area contributed by atoms with Crippen LogP contribution in [0.4, 0.5) is 0 Å². The Kier molecular flexibility index (Phi) is 12.4. The monoisotopic (exact) mass is 661 g/mol. The number of nitrogens with one attached hydrogen (secondary N) is 1. The largest absolute Gasteiger partial charge is 0.496 e. The molecular weight excluding hydrogens is 630 g/mol. The Balaban J connectivity index is 1.79. The summed E-state index contributed by atoms with van der Waals surface area (Å²) in [5.74, 6) is 1.66. The van der Waals surface area contributed by atoms with Gasteiger partial charge in [0.05, 0.1) is 29.2 Å². The molecule has 2 rings (SSSR count). The van der Waals surface area contributed by atoms with Crippen molar-refractivity contribution in [2.75, 3.05) is 55.0 Å². The average Bonchev–Trinajstić information content (AvgIpc) is 2.79. The summed E-state index contributed by atoms with van der Waals surface area (Å²) in [4.78, 5) is 17.1. The Bertz CT molecular complexity index is 956. The zero-order valence-corrected chi connectivity index (χ0v) is 25.2. The quantitative estimate of drug-likeness (QED) is 0.301. The molecule has 1 unspecified atom stereocenters. The van der Waals surface area contributed by atoms with Gasteiger partial charge in [-0.15, -0.1) is 0 Å². The highest BCUT2D eigenvalue weighted by Crippen LogP contribution is 2.31. The summed E-state index contributed by atoms with van der Waals surface area (Å²) in [5.41, 5.74) is 2.29. The minimum Gasteiger partial charge on any atom is -0.496 e. The summed E-state index contributed by atoms with van der Waals surface area (Å²) >= 11 is 10.7. The van der Waals surface area contributed by atoms with E-state index in [0.29, 0.717) is 13.0 Å². The molecule has 0 saturated heterocycles. The first-order valence-electron chi connectivity index (χ1n) is 11.1. The van der Waals surface area contributed by atoms with Crippen LogP contribution in [0.15, 0.2) is 43.7 Å². The first-order valence-corrected chi connectivity index (χ1v) is 13.5. The Labute approximate surface area is 228 Å². The summed E-state index contributed by atoms with van der Waals surface area (Å²) in [6.07, 6.45) is 2.43. The fourth-order valence-electron chi connectivity index (χ4n) is 3.59. The molecule has 0 aromatic heterocycles. The van der Waals surface area contributed by atoms with Crippen molar-refractivity contribution in [3.63, 3.8) is 0 Å². The number of amides is 1. The van der Waals surface area contributed by atoms with Gasteiger partial charge in [-0.1, -0.05) is 22.0 Å². The van der Waals surface area contributed by atoms with Crippen molar-refractivity contribution in [3.05, 3.63) is 54.9 Å². The Morgan fingerprint density at radius 1 is 0.941 bits per heavy atom. The molecule has 188 valence electrons. The first-order chi connectivity index (χ1) is 16.2. The van der Waals surface area contributed by atoms with Crippen LogP contribution in [-0.2, 0) is 17.6 Å². The Morgan fingerprint density at radius 2 is 1.62 bits per heavy atom. The number of carbonyl (C=O) groups excluding carboxylic acids is 1. The summed E-state index contributed by atoms with van der Waals surface area (Å²) in [6.45, 7) is 2.48. The van der Waals surface area contributed by atoms with E-state index in [0.717, 1.165) is 56.4 Å². The van der Waals surface area contributed by atoms with Gasteiger partial charge < -0.3 is 19.7 Å². The van der Waals surface area contributed by atoms with Crippen LogP contribution in [0.5, 0.6) is 11.5 Å². The van der Waals surface area contributed by atoms with Gasteiger partial charge in [0, 0.05) is 17.6 Å². The fraction of sp³-hybridized carbons (Fsp3) is 0.480. The van der Waals surface area contributed by atoms with Gasteiger partial charge in [-0.25, -0.2) is 0 Å². The standard InChI is InChI=1S/C25H34Br3N3O3/c1-30(2)22(14-17-7-8-23(33-4)20(27)13-17)25(32)29-10-6-11-31(3)12-9-18-15-24(34-5)21(28)16-19(18)26/h7-8,13,15-16,22H,6,9-12,14H2,1-5H3,(H,29,32). The molecule has 0 aliphatic heterocycles. The van der Waals surface area contributed by atoms with Gasteiger partial charge in [-0.05, 0) is 114 Å². The van der Waals surface area contributed by atoms with E-state index in [9.17, 15) is 4.79 Å². The molecular formula is C25H34Br3N3O3. The van der Waals surface area contributed by atoms with E-state index in [1.807, 2.05) is 43.3 Å². The summed E-state index contributed by atoms with van der Waals surface area (Å²) in [6, 6.07) is 9.78. The second-order valence-corrected chi connectivity index (χ2v) is 11.0. The van der Waals surface area contributed by atoms with E-state index in [1.54, 1.807) is 14.2 Å². The maximum absolute atomic E-state index is 12.9. The second kappa shape index (κ2) is 14.4. The van der Waals surface area contributed by atoms with E-state index >= 15 is 0 Å². The van der Waals surface area contributed by atoms with Crippen molar-refractivity contribution in [3.8, 4) is 11.5 Å². The van der Waals surface area contributed by atoms with E-state index in [4.69, 9.17) is 9.47 Å². The van der Waals surface area contributed by atoms with Crippen LogP contribution in [0.3, 0.4) is 0 Å². The third-order valence-electron chi connectivity index (χ3n) is 5.67. The molecule has 0 aliphatic rings. The van der Waals surface area contributed by atoms with Crippen LogP contribution < -0.4 is 14.8 Å². The van der Waals surface area contributed by atoms with Crippen molar-refractivity contribution in [1.29, 1.82) is 0 Å². The lowest BCUT2D eigenvalue weighted by molar-refractivity contribution is -0.125. The highest BCUT2D eigenvalue weighted by Gasteiger charge is 2.21. The van der Waals surface area contributed by atoms with E-state index in [1.165, 1.54) is 5.56 Å². The lowest BCUT2D eigenvalue weighted by Gasteiger charge is -2.24. The number of methoxy groups -OCH3 is 2. The highest BCUT2D eigenvalue weighted by molar-refractivity contribution is 9.11. The number of halogens is 3. The maximum Gasteiger partial charge on any atom is 0.237 e. The zero-order valence-electron chi connectivity index (χ0n) is 20.5. The fourth-order valence-corrected chi connectivity index (χ4v) is 5.53. The molecule has 0 radical (unpaired) electrons. The van der Waals surface area contributed by atoms with Crippen LogP contribution in [0.1, 0.15) is 17.5 Å². The predicted octanol–water partition coefficient (Wildman–Crippen LogP) is 5.14. The molecule has 0 fully saturated rings. The number of likely N-dealkylation sites (N-methyl/N-ethyl adjacent to an activating group) is 2. The topological polar surface area (TPSA) is 54.0 Å². The van der Waals surface area contributed by atoms with E-state index in [2.05, 4.69) is 71.1 Å². The first kappa shape index (κ1) is 29.1. The predicted molar refractivity (Wildman–Crippen MR) is 149 cm³/mol. The third-order valence-corrected chi connectivity index (χ3v) is 7.65. The lowest BCUT2D eigenvalue weighted by Crippen LogP contribution is -2.45. The van der Waals surface area contributed by atoms with Crippen LogP contribution in [-0.4, -0.2) is 76.7 Å². The zero-order chi connectivity index (χ0) is 25.3. The van der Waals surface area contributed by atoms with Gasteiger partial charge in [0.25, 0.3) is 0 Å². The van der Waals surface area contributed by atoms with Gasteiger partial charge in [0.1, 0.15) is 11.5 Å². The summed E-state index contributed by atoms with van der Waals surface area (Å²) in [7, 11) is 9.30. The molecule has 1 amide bonds. The Hall–Kier alpha value is -1.13. The van der Waals surface area contributed by atoms with Gasteiger partial charge >= 0.3 is 0 Å². The van der Waals surface area contributed by atoms with Gasteiger partial charge in [0.2, 0.25) is 5.91 Å². The second-order valence-electron chi connectivity index (χ2n) is 8.43. The average molecular weight is 664 g/mol. The molecule has 2 aromatic rings. The van der Waals surface area contributed by atoms with Crippen molar-refractivity contribution in [2.24, 2.45) is 0 Å². The van der Waals surface area contributed by atoms with E-state index < -0.39 is 0 Å². The molecule has 0 spiro atoms. The molecule has 2 aromatic carbocycles. The van der Waals surface area contributed by atoms with Gasteiger partial charge in [0.15, 0.2) is 0 Å². The van der Waals surface area contributed by atoms with Gasteiger partial charge in [-0.2, -0.15) is 0 Å². The Morgan fingerprint density at radius 3 is 2.24 bits per heavy atom. The number of benzene rings is 2. The summed E-state index contributed by atoms with van der Waals surface area (Å²) in [5, 5.41) is 3.11. The number of carbonyl (C=O) groups is 1. The lowest BCUT2D eigenvalue weighted by atomic mass is 10.0. The van der Waals surface area contributed by atoms with Crippen LogP contribution in [0, 0.1) is 0 Å². The molecule has 9 heteroatoms. The third kappa shape index (κ3) is 8.82. The number of rotatable bonds is 13. The molecule has 0 saturated carbocycles. The molecule has 0 aliphatic carbocycles. The van der Waals surface area contributed by atoms with Crippen LogP contribution in [0.2, 0.25) is 0 Å². The minimum atomic E-state index is -0.234. The van der Waals surface area contributed by atoms with Crippen molar-refractivity contribution in [1.82, 2.24) is 15.1 Å². The number of hydrogen-bond donors (Lipinski definition) is 1. The number of ether oxygens (including phenoxy) is 2. The molecule has 6 nitrogen and oxygen atoms in total. The van der Waals surface area contributed by atoms with Crippen molar-refractivity contribution in [2.45, 2.75) is 25.3 Å². The molecule has 1 N–H and O–H groups in total. The van der Waals surface area contributed by atoms with Crippen LogP contribution >= 0.6 is 47.8 Å². The van der Waals surface area contributed by atoms with Crippen LogP contribution in [0.25, 0.3) is 0 Å². The van der Waals surface area contributed by atoms with Crippen molar-refractivity contribution >= 4 is 53.7 Å². The SMILES string of the molecule is COc1ccc(CC(C(=O)NCCCN(C)CCc2cc(OC)c(Br)cc2Br)N(C)C)cc1Br. The number of nitrogens with zero attached hydrogens (tertiary/aromatic N) is 2. The normalized spacial score (nSPS) is 12.2. The molecule has 0 bridgehead atoms. The van der Waals surface area contributed by atoms with E-state index in [-0.39, 0.29) is 11.9 Å². The van der Waals surface area contributed by atoms with Gasteiger partial charge in [-0.3, -0.25) is 9.69 Å². The molecule has 34 heavy (non-hydrogen) atoms. The molecule has 0 heterocycles. The molecule has 1 atom stereocenters. The smallest absolute Gasteiger partial charge is 0.237 e. The number of hydrogen-bond acceptors (Lipinski definition) is 5.